The van der Waals surface area contributed by atoms with Crippen LogP contribution in [0.2, 0.25) is 0 Å². The number of benzene rings is 1. The van der Waals surface area contributed by atoms with Crippen molar-refractivity contribution in [3.63, 3.8) is 0 Å². The van der Waals surface area contributed by atoms with Crippen molar-refractivity contribution in [2.45, 2.75) is 45.2 Å². The van der Waals surface area contributed by atoms with Crippen LogP contribution in [0.15, 0.2) is 24.3 Å². The van der Waals surface area contributed by atoms with Gasteiger partial charge in [-0.25, -0.2) is 0 Å². The van der Waals surface area contributed by atoms with Gasteiger partial charge in [-0.2, -0.15) is 13.2 Å². The van der Waals surface area contributed by atoms with E-state index in [0.29, 0.717) is 31.8 Å². The average Bonchev–Trinajstić information content (AvgIpc) is 3.50. The molecule has 1 aliphatic carbocycles. The first-order chi connectivity index (χ1) is 13.3. The van der Waals surface area contributed by atoms with Crippen molar-refractivity contribution in [2.75, 3.05) is 26.2 Å². The minimum Gasteiger partial charge on any atom is -0.342 e. The average molecular weight is 396 g/mol. The zero-order valence-corrected chi connectivity index (χ0v) is 16.2. The molecule has 1 aliphatic heterocycles. The van der Waals surface area contributed by atoms with Crippen molar-refractivity contribution in [3.8, 4) is 0 Å². The van der Waals surface area contributed by atoms with Crippen molar-refractivity contribution < 1.29 is 22.8 Å². The molecular weight excluding hydrogens is 369 g/mol. The topological polar surface area (TPSA) is 40.6 Å². The van der Waals surface area contributed by atoms with Gasteiger partial charge in [-0.05, 0) is 62.3 Å². The Balaban J connectivity index is 1.55. The fourth-order valence-electron chi connectivity index (χ4n) is 3.75. The molecule has 1 saturated carbocycles. The fraction of sp³-hybridized carbons (Fsp3) is 0.619. The molecule has 3 rings (SSSR count). The third kappa shape index (κ3) is 5.06. The number of piperidine rings is 1. The van der Waals surface area contributed by atoms with Crippen LogP contribution < -0.4 is 0 Å². The Kier molecular flexibility index (Phi) is 6.30. The summed E-state index contributed by atoms with van der Waals surface area (Å²) < 4.78 is 38.0. The maximum Gasteiger partial charge on any atom is 0.416 e. The molecule has 2 aliphatic rings. The van der Waals surface area contributed by atoms with Gasteiger partial charge in [0, 0.05) is 37.7 Å². The molecule has 0 N–H and O–H groups in total. The number of hydrogen-bond donors (Lipinski definition) is 0. The van der Waals surface area contributed by atoms with Crippen molar-refractivity contribution in [2.24, 2.45) is 11.8 Å². The van der Waals surface area contributed by atoms with Crippen LogP contribution >= 0.6 is 0 Å². The predicted octanol–water partition coefficient (Wildman–Crippen LogP) is 4.21. The van der Waals surface area contributed by atoms with E-state index in [2.05, 4.69) is 6.92 Å². The van der Waals surface area contributed by atoms with Gasteiger partial charge in [0.15, 0.2) is 0 Å². The number of carbonyl (C=O) groups excluding carboxylic acids is 2. The largest absolute Gasteiger partial charge is 0.416 e. The second-order valence-corrected chi connectivity index (χ2v) is 7.87. The molecule has 1 saturated heterocycles. The van der Waals surface area contributed by atoms with Crippen LogP contribution in [0.4, 0.5) is 13.2 Å². The second kappa shape index (κ2) is 8.53. The summed E-state index contributed by atoms with van der Waals surface area (Å²) in [5.74, 6) is 0.497. The quantitative estimate of drug-likeness (QED) is 0.723. The van der Waals surface area contributed by atoms with Gasteiger partial charge in [-0.3, -0.25) is 9.59 Å². The van der Waals surface area contributed by atoms with E-state index in [1.54, 1.807) is 4.90 Å². The van der Waals surface area contributed by atoms with Gasteiger partial charge in [0.1, 0.15) is 0 Å². The standard InChI is InChI=1S/C21H27F3N2O2/c1-2-11-26(14-15-3-4-15)20(28)17-9-12-25(13-10-17)19(27)16-5-7-18(8-6-16)21(22,23)24/h5-8,15,17H,2-4,9-14H2,1H3. The Hall–Kier alpha value is -2.05. The zero-order chi connectivity index (χ0) is 20.3. The Morgan fingerprint density at radius 3 is 2.18 bits per heavy atom. The number of amides is 2. The third-order valence-electron chi connectivity index (χ3n) is 5.57. The Morgan fingerprint density at radius 2 is 1.68 bits per heavy atom. The molecule has 1 aromatic carbocycles. The highest BCUT2D eigenvalue weighted by molar-refractivity contribution is 5.94. The van der Waals surface area contributed by atoms with Gasteiger partial charge in [0.2, 0.25) is 5.91 Å². The lowest BCUT2D eigenvalue weighted by Gasteiger charge is -2.34. The molecule has 0 spiro atoms. The lowest BCUT2D eigenvalue weighted by atomic mass is 9.94. The van der Waals surface area contributed by atoms with E-state index >= 15 is 0 Å². The summed E-state index contributed by atoms with van der Waals surface area (Å²) in [6.45, 7) is 4.61. The molecule has 0 bridgehead atoms. The molecule has 2 amide bonds. The van der Waals surface area contributed by atoms with E-state index in [1.807, 2.05) is 4.90 Å². The first kappa shape index (κ1) is 20.7. The molecule has 2 fully saturated rings. The summed E-state index contributed by atoms with van der Waals surface area (Å²) in [7, 11) is 0. The van der Waals surface area contributed by atoms with Crippen LogP contribution in [0.1, 0.15) is 54.9 Å². The van der Waals surface area contributed by atoms with E-state index in [9.17, 15) is 22.8 Å². The first-order valence-corrected chi connectivity index (χ1v) is 10.0. The first-order valence-electron chi connectivity index (χ1n) is 10.0. The molecule has 0 radical (unpaired) electrons. The number of likely N-dealkylation sites (tertiary alicyclic amines) is 1. The highest BCUT2D eigenvalue weighted by Gasteiger charge is 2.34. The molecule has 7 heteroatoms. The number of hydrogen-bond acceptors (Lipinski definition) is 2. The monoisotopic (exact) mass is 396 g/mol. The maximum atomic E-state index is 12.8. The second-order valence-electron chi connectivity index (χ2n) is 7.87. The molecule has 0 unspecified atom stereocenters. The number of halogens is 3. The van der Waals surface area contributed by atoms with Crippen LogP contribution in [-0.4, -0.2) is 47.8 Å². The van der Waals surface area contributed by atoms with Crippen LogP contribution in [0.25, 0.3) is 0 Å². The number of alkyl halides is 3. The van der Waals surface area contributed by atoms with Gasteiger partial charge in [-0.15, -0.1) is 0 Å². The molecule has 28 heavy (non-hydrogen) atoms. The Bertz CT molecular complexity index is 691. The summed E-state index contributed by atoms with van der Waals surface area (Å²) in [6.07, 6.45) is 0.141. The van der Waals surface area contributed by atoms with Crippen LogP contribution in [0, 0.1) is 11.8 Å². The van der Waals surface area contributed by atoms with Crippen LogP contribution in [0.3, 0.4) is 0 Å². The molecule has 1 heterocycles. The normalized spacial score (nSPS) is 18.2. The van der Waals surface area contributed by atoms with E-state index in [1.165, 1.54) is 25.0 Å². The number of carbonyl (C=O) groups is 2. The highest BCUT2D eigenvalue weighted by Crippen LogP contribution is 2.31. The van der Waals surface area contributed by atoms with E-state index in [0.717, 1.165) is 31.6 Å². The maximum absolute atomic E-state index is 12.8. The van der Waals surface area contributed by atoms with Crippen molar-refractivity contribution in [3.05, 3.63) is 35.4 Å². The molecule has 154 valence electrons. The van der Waals surface area contributed by atoms with Crippen molar-refractivity contribution >= 4 is 11.8 Å². The lowest BCUT2D eigenvalue weighted by molar-refractivity contribution is -0.138. The zero-order valence-electron chi connectivity index (χ0n) is 16.2. The molecule has 0 aromatic heterocycles. The molecule has 0 atom stereocenters. The fourth-order valence-corrected chi connectivity index (χ4v) is 3.75. The van der Waals surface area contributed by atoms with E-state index in [4.69, 9.17) is 0 Å². The highest BCUT2D eigenvalue weighted by atomic mass is 19.4. The van der Waals surface area contributed by atoms with Crippen molar-refractivity contribution in [1.82, 2.24) is 9.80 Å². The molecule has 4 nitrogen and oxygen atoms in total. The number of nitrogens with zero attached hydrogens (tertiary/aromatic N) is 2. The summed E-state index contributed by atoms with van der Waals surface area (Å²) in [4.78, 5) is 29.0. The lowest BCUT2D eigenvalue weighted by Crippen LogP contribution is -2.45. The smallest absolute Gasteiger partial charge is 0.342 e. The molecular formula is C21H27F3N2O2. The van der Waals surface area contributed by atoms with E-state index in [-0.39, 0.29) is 23.3 Å². The van der Waals surface area contributed by atoms with Gasteiger partial charge in [0.05, 0.1) is 5.56 Å². The van der Waals surface area contributed by atoms with E-state index < -0.39 is 11.7 Å². The van der Waals surface area contributed by atoms with Crippen molar-refractivity contribution in [1.29, 1.82) is 0 Å². The summed E-state index contributed by atoms with van der Waals surface area (Å²) in [6, 6.07) is 4.32. The predicted molar refractivity (Wildman–Crippen MR) is 99.7 cm³/mol. The summed E-state index contributed by atoms with van der Waals surface area (Å²) >= 11 is 0. The van der Waals surface area contributed by atoms with Gasteiger partial charge < -0.3 is 9.80 Å². The van der Waals surface area contributed by atoms with Crippen LogP contribution in [0.5, 0.6) is 0 Å². The van der Waals surface area contributed by atoms with Crippen LogP contribution in [-0.2, 0) is 11.0 Å². The minimum absolute atomic E-state index is 0.0676. The number of rotatable bonds is 6. The summed E-state index contributed by atoms with van der Waals surface area (Å²) in [5, 5.41) is 0. The van der Waals surface area contributed by atoms with Gasteiger partial charge >= 0.3 is 6.18 Å². The SMILES string of the molecule is CCCN(CC1CC1)C(=O)C1CCN(C(=O)c2ccc(C(F)(F)F)cc2)CC1. The Labute approximate surface area is 163 Å². The minimum atomic E-state index is -4.41. The molecule has 1 aromatic rings. The third-order valence-corrected chi connectivity index (χ3v) is 5.57. The van der Waals surface area contributed by atoms with Gasteiger partial charge in [0.25, 0.3) is 5.91 Å². The van der Waals surface area contributed by atoms with Gasteiger partial charge in [-0.1, -0.05) is 6.92 Å². The Morgan fingerprint density at radius 1 is 1.07 bits per heavy atom. The summed E-state index contributed by atoms with van der Waals surface area (Å²) in [5.41, 5.74) is -0.515.